The van der Waals surface area contributed by atoms with E-state index < -0.39 is 0 Å². The van der Waals surface area contributed by atoms with Crippen LogP contribution < -0.4 is 0 Å². The van der Waals surface area contributed by atoms with Gasteiger partial charge in [-0.2, -0.15) is 0 Å². The minimum Gasteiger partial charge on any atom is -0.512 e. The molecular formula is C23H24IrNO2-. The van der Waals surface area contributed by atoms with E-state index in [1.807, 2.05) is 0 Å². The molecule has 1 radical (unpaired) electrons. The minimum atomic E-state index is -0.125. The molecule has 4 heteroatoms. The molecule has 2 aromatic carbocycles. The summed E-state index contributed by atoms with van der Waals surface area (Å²) < 4.78 is 0. The molecular weight excluding hydrogens is 514 g/mol. The summed E-state index contributed by atoms with van der Waals surface area (Å²) in [6.45, 7) is 9.13. The Balaban J connectivity index is 0.000000395. The summed E-state index contributed by atoms with van der Waals surface area (Å²) in [5, 5.41) is 9.55. The number of fused-ring (bicyclic) bond motifs is 1. The van der Waals surface area contributed by atoms with Crippen molar-refractivity contribution in [3.63, 3.8) is 0 Å². The van der Waals surface area contributed by atoms with E-state index in [1.165, 1.54) is 36.4 Å². The number of carbonyl (C=O) groups is 1. The molecule has 3 rings (SSSR count). The Bertz CT molecular complexity index is 953. The number of aromatic nitrogens is 1. The van der Waals surface area contributed by atoms with Crippen molar-refractivity contribution in [1.82, 2.24) is 4.98 Å². The van der Waals surface area contributed by atoms with Gasteiger partial charge in [-0.1, -0.05) is 37.6 Å². The summed E-state index contributed by atoms with van der Waals surface area (Å²) >= 11 is 0. The zero-order chi connectivity index (χ0) is 19.3. The maximum atomic E-state index is 10.0. The van der Waals surface area contributed by atoms with Crippen LogP contribution in [0.25, 0.3) is 22.2 Å². The number of hydrogen-bond donors (Lipinski definition) is 1. The SMILES string of the molecule is CC(=O)/C=C(/C)O.Cc1[c-]c(-c2ccc3cc(C)ccc3n2)cc(C)c1.[Ir]. The summed E-state index contributed by atoms with van der Waals surface area (Å²) in [4.78, 5) is 14.8. The molecule has 0 bridgehead atoms. The number of aliphatic hydroxyl groups is 1. The predicted molar refractivity (Wildman–Crippen MR) is 107 cm³/mol. The molecule has 1 N–H and O–H groups in total. The number of allylic oxidation sites excluding steroid dienone is 2. The van der Waals surface area contributed by atoms with Crippen LogP contribution in [0.3, 0.4) is 0 Å². The largest absolute Gasteiger partial charge is 0.512 e. The molecule has 1 heterocycles. The fourth-order valence-electron chi connectivity index (χ4n) is 2.72. The van der Waals surface area contributed by atoms with Gasteiger partial charge in [-0.05, 0) is 44.0 Å². The Kier molecular flexibility index (Phi) is 8.55. The van der Waals surface area contributed by atoms with Gasteiger partial charge in [0, 0.05) is 26.2 Å². The van der Waals surface area contributed by atoms with Gasteiger partial charge >= 0.3 is 0 Å². The summed E-state index contributed by atoms with van der Waals surface area (Å²) in [5.74, 6) is -0.0625. The maximum Gasteiger partial charge on any atom is 0.155 e. The number of nitrogens with zero attached hydrogens (tertiary/aromatic N) is 1. The van der Waals surface area contributed by atoms with E-state index >= 15 is 0 Å². The van der Waals surface area contributed by atoms with Crippen molar-refractivity contribution in [2.24, 2.45) is 0 Å². The van der Waals surface area contributed by atoms with Crippen LogP contribution in [0.5, 0.6) is 0 Å². The fraction of sp³-hybridized carbons (Fsp3) is 0.217. The molecule has 0 aliphatic carbocycles. The second kappa shape index (κ2) is 10.1. The Morgan fingerprint density at radius 1 is 1.00 bits per heavy atom. The van der Waals surface area contributed by atoms with Gasteiger partial charge < -0.3 is 5.11 Å². The second-order valence-corrected chi connectivity index (χ2v) is 6.54. The third-order valence-electron chi connectivity index (χ3n) is 3.68. The van der Waals surface area contributed by atoms with Crippen molar-refractivity contribution in [2.75, 3.05) is 0 Å². The average molecular weight is 539 g/mol. The Hall–Kier alpha value is -2.29. The molecule has 0 aliphatic rings. The molecule has 0 amide bonds. The molecule has 0 atom stereocenters. The second-order valence-electron chi connectivity index (χ2n) is 6.54. The van der Waals surface area contributed by atoms with E-state index in [0.29, 0.717) is 0 Å². The molecule has 0 aliphatic heterocycles. The van der Waals surface area contributed by atoms with Gasteiger partial charge in [0.2, 0.25) is 0 Å². The monoisotopic (exact) mass is 539 g/mol. The first-order valence-electron chi connectivity index (χ1n) is 8.51. The first-order valence-corrected chi connectivity index (χ1v) is 8.51. The van der Waals surface area contributed by atoms with Crippen molar-refractivity contribution in [2.45, 2.75) is 34.6 Å². The van der Waals surface area contributed by atoms with E-state index in [1.54, 1.807) is 0 Å². The van der Waals surface area contributed by atoms with Crippen LogP contribution in [0.2, 0.25) is 0 Å². The molecule has 0 saturated heterocycles. The van der Waals surface area contributed by atoms with Gasteiger partial charge in [0.25, 0.3) is 0 Å². The van der Waals surface area contributed by atoms with Crippen LogP contribution in [-0.2, 0) is 24.9 Å². The van der Waals surface area contributed by atoms with Crippen LogP contribution >= 0.6 is 0 Å². The number of pyridine rings is 1. The standard InChI is InChI=1S/C18H16N.C5H8O2.Ir/c1-12-4-6-17-15(9-12)5-7-18(19-17)16-10-13(2)8-14(3)11-16;1-4(6)3-5(2)7;/h4-10H,1-3H3;3,6H,1-2H3;/q-1;;/b;4-3-;. The minimum absolute atomic E-state index is 0. The van der Waals surface area contributed by atoms with E-state index in [4.69, 9.17) is 10.1 Å². The number of ketones is 1. The number of benzene rings is 2. The molecule has 0 spiro atoms. The molecule has 0 fully saturated rings. The first kappa shape index (κ1) is 22.7. The van der Waals surface area contributed by atoms with Gasteiger partial charge in [0.1, 0.15) is 0 Å². The van der Waals surface area contributed by atoms with Crippen LogP contribution in [0, 0.1) is 26.8 Å². The fourth-order valence-corrected chi connectivity index (χ4v) is 2.72. The number of aryl methyl sites for hydroxylation is 3. The molecule has 143 valence electrons. The topological polar surface area (TPSA) is 50.2 Å². The first-order chi connectivity index (χ1) is 12.2. The third kappa shape index (κ3) is 7.09. The number of carbonyl (C=O) groups excluding carboxylic acids is 1. The van der Waals surface area contributed by atoms with Crippen molar-refractivity contribution in [3.8, 4) is 11.3 Å². The van der Waals surface area contributed by atoms with E-state index in [0.717, 1.165) is 22.3 Å². The van der Waals surface area contributed by atoms with Gasteiger partial charge in [-0.25, -0.2) is 0 Å². The van der Waals surface area contributed by atoms with Crippen LogP contribution in [0.4, 0.5) is 0 Å². The predicted octanol–water partition coefficient (Wildman–Crippen LogP) is 5.66. The molecule has 0 unspecified atom stereocenters. The van der Waals surface area contributed by atoms with Crippen molar-refractivity contribution < 1.29 is 30.0 Å². The summed E-state index contributed by atoms with van der Waals surface area (Å²) in [6, 6.07) is 18.2. The average Bonchev–Trinajstić information content (AvgIpc) is 2.52. The number of rotatable bonds is 2. The quantitative estimate of drug-likeness (QED) is 0.260. The summed E-state index contributed by atoms with van der Waals surface area (Å²) in [7, 11) is 0. The van der Waals surface area contributed by atoms with E-state index in [2.05, 4.69) is 69.3 Å². The summed E-state index contributed by atoms with van der Waals surface area (Å²) in [5.41, 5.74) is 6.76. The van der Waals surface area contributed by atoms with Crippen molar-refractivity contribution >= 4 is 16.7 Å². The maximum absolute atomic E-state index is 10.0. The van der Waals surface area contributed by atoms with Gasteiger partial charge in [-0.3, -0.25) is 9.78 Å². The molecule has 0 saturated carbocycles. The van der Waals surface area contributed by atoms with E-state index in [-0.39, 0.29) is 31.6 Å². The van der Waals surface area contributed by atoms with Crippen LogP contribution in [0.1, 0.15) is 30.5 Å². The number of hydrogen-bond acceptors (Lipinski definition) is 3. The van der Waals surface area contributed by atoms with Gasteiger partial charge in [-0.15, -0.1) is 34.9 Å². The number of aliphatic hydroxyl groups excluding tert-OH is 1. The molecule has 27 heavy (non-hydrogen) atoms. The smallest absolute Gasteiger partial charge is 0.155 e. The normalized spacial score (nSPS) is 10.6. The Morgan fingerprint density at radius 3 is 2.26 bits per heavy atom. The van der Waals surface area contributed by atoms with Crippen LogP contribution in [0.15, 0.2) is 54.3 Å². The third-order valence-corrected chi connectivity index (χ3v) is 3.68. The Morgan fingerprint density at radius 2 is 1.70 bits per heavy atom. The Labute approximate surface area is 174 Å². The van der Waals surface area contributed by atoms with Gasteiger partial charge in [0.05, 0.1) is 11.3 Å². The molecule has 3 aromatic rings. The van der Waals surface area contributed by atoms with E-state index in [9.17, 15) is 4.79 Å². The zero-order valence-electron chi connectivity index (χ0n) is 16.3. The molecule has 3 nitrogen and oxygen atoms in total. The van der Waals surface area contributed by atoms with Gasteiger partial charge in [0.15, 0.2) is 5.78 Å². The van der Waals surface area contributed by atoms with Crippen molar-refractivity contribution in [1.29, 1.82) is 0 Å². The summed E-state index contributed by atoms with van der Waals surface area (Å²) in [6.07, 6.45) is 1.17. The van der Waals surface area contributed by atoms with Crippen LogP contribution in [-0.4, -0.2) is 15.9 Å². The molecule has 1 aromatic heterocycles. The zero-order valence-corrected chi connectivity index (χ0v) is 18.6. The van der Waals surface area contributed by atoms with Crippen molar-refractivity contribution in [3.05, 3.63) is 77.1 Å².